The minimum absolute atomic E-state index is 0.370. The molecule has 0 heterocycles. The molecule has 0 aliphatic carbocycles. The number of hydrogen-bond acceptors (Lipinski definition) is 2. The molecule has 0 aromatic rings. The molecular weight excluding hydrogens is 140 g/mol. The van der Waals surface area contributed by atoms with Gasteiger partial charge in [-0.3, -0.25) is 0 Å². The van der Waals surface area contributed by atoms with Crippen LogP contribution in [0, 0.1) is 18.3 Å². The summed E-state index contributed by atoms with van der Waals surface area (Å²) in [6.07, 6.45) is 5.83. The molecule has 0 amide bonds. The van der Waals surface area contributed by atoms with E-state index in [1.807, 2.05) is 6.92 Å². The predicted molar refractivity (Wildman–Crippen MR) is 45.1 cm³/mol. The topological polar surface area (TPSA) is 29.5 Å². The van der Waals surface area contributed by atoms with Gasteiger partial charge in [0.1, 0.15) is 0 Å². The van der Waals surface area contributed by atoms with Gasteiger partial charge in [-0.15, -0.1) is 12.3 Å². The molecule has 0 spiro atoms. The summed E-state index contributed by atoms with van der Waals surface area (Å²) in [7, 11) is 1.66. The Morgan fingerprint density at radius 2 is 2.27 bits per heavy atom. The molecule has 0 rings (SSSR count). The molecule has 2 atom stereocenters. The van der Waals surface area contributed by atoms with Crippen LogP contribution in [0.1, 0.15) is 19.8 Å². The molecule has 2 heteroatoms. The van der Waals surface area contributed by atoms with Gasteiger partial charge in [0.25, 0.3) is 0 Å². The van der Waals surface area contributed by atoms with Crippen LogP contribution >= 0.6 is 0 Å². The lowest BCUT2D eigenvalue weighted by Gasteiger charge is -2.13. The Kier molecular flexibility index (Phi) is 5.91. The molecule has 2 nitrogen and oxygen atoms in total. The van der Waals surface area contributed by atoms with Gasteiger partial charge in [-0.1, -0.05) is 6.92 Å². The maximum Gasteiger partial charge on any atom is 0.0652 e. The van der Waals surface area contributed by atoms with Crippen molar-refractivity contribution in [3.63, 3.8) is 0 Å². The molecule has 0 aromatic heterocycles. The van der Waals surface area contributed by atoms with Gasteiger partial charge in [0.05, 0.1) is 6.10 Å². The van der Waals surface area contributed by atoms with Crippen molar-refractivity contribution in [2.45, 2.75) is 25.9 Å². The van der Waals surface area contributed by atoms with Crippen LogP contribution in [0.25, 0.3) is 0 Å². The third kappa shape index (κ3) is 5.90. The molecule has 0 saturated heterocycles. The maximum absolute atomic E-state index is 9.25. The first-order valence-electron chi connectivity index (χ1n) is 3.81. The summed E-state index contributed by atoms with van der Waals surface area (Å²) in [5.41, 5.74) is 0. The summed E-state index contributed by atoms with van der Waals surface area (Å²) in [6, 6.07) is 0. The van der Waals surface area contributed by atoms with E-state index < -0.39 is 0 Å². The SMILES string of the molecule is C#CCC(O)CC(C)COC. The van der Waals surface area contributed by atoms with Gasteiger partial charge in [-0.2, -0.15) is 0 Å². The number of aliphatic hydroxyl groups excluding tert-OH is 1. The summed E-state index contributed by atoms with van der Waals surface area (Å²) < 4.78 is 4.92. The van der Waals surface area contributed by atoms with E-state index in [2.05, 4.69) is 5.92 Å². The molecule has 0 saturated carbocycles. The summed E-state index contributed by atoms with van der Waals surface area (Å²) in [5.74, 6) is 2.80. The van der Waals surface area contributed by atoms with Crippen molar-refractivity contribution in [1.29, 1.82) is 0 Å². The highest BCUT2D eigenvalue weighted by Crippen LogP contribution is 2.07. The summed E-state index contributed by atoms with van der Waals surface area (Å²) in [6.45, 7) is 2.71. The third-order valence-electron chi connectivity index (χ3n) is 1.48. The number of terminal acetylenes is 1. The highest BCUT2D eigenvalue weighted by Gasteiger charge is 2.08. The smallest absolute Gasteiger partial charge is 0.0652 e. The number of rotatable bonds is 5. The van der Waals surface area contributed by atoms with Gasteiger partial charge in [-0.25, -0.2) is 0 Å². The largest absolute Gasteiger partial charge is 0.392 e. The zero-order valence-corrected chi connectivity index (χ0v) is 7.21. The summed E-state index contributed by atoms with van der Waals surface area (Å²) in [4.78, 5) is 0. The molecule has 0 radical (unpaired) electrons. The fraction of sp³-hybridized carbons (Fsp3) is 0.778. The minimum Gasteiger partial charge on any atom is -0.392 e. The van der Waals surface area contributed by atoms with Crippen molar-refractivity contribution < 1.29 is 9.84 Å². The van der Waals surface area contributed by atoms with Gasteiger partial charge >= 0.3 is 0 Å². The van der Waals surface area contributed by atoms with Crippen LogP contribution in [0.3, 0.4) is 0 Å². The second kappa shape index (κ2) is 6.21. The number of ether oxygens (including phenoxy) is 1. The quantitative estimate of drug-likeness (QED) is 0.603. The predicted octanol–water partition coefficient (Wildman–Crippen LogP) is 1.04. The molecule has 0 bridgehead atoms. The van der Waals surface area contributed by atoms with E-state index in [9.17, 15) is 5.11 Å². The van der Waals surface area contributed by atoms with E-state index >= 15 is 0 Å². The van der Waals surface area contributed by atoms with Crippen molar-refractivity contribution in [1.82, 2.24) is 0 Å². The lowest BCUT2D eigenvalue weighted by atomic mass is 10.0. The zero-order chi connectivity index (χ0) is 8.69. The highest BCUT2D eigenvalue weighted by atomic mass is 16.5. The normalized spacial score (nSPS) is 15.5. The average Bonchev–Trinajstić information content (AvgIpc) is 1.87. The fourth-order valence-corrected chi connectivity index (χ4v) is 1.04. The van der Waals surface area contributed by atoms with E-state index in [-0.39, 0.29) is 6.10 Å². The van der Waals surface area contributed by atoms with Crippen LogP contribution in [0.15, 0.2) is 0 Å². The molecule has 1 N–H and O–H groups in total. The van der Waals surface area contributed by atoms with Crippen molar-refractivity contribution in [2.75, 3.05) is 13.7 Å². The number of hydrogen-bond donors (Lipinski definition) is 1. The van der Waals surface area contributed by atoms with E-state index in [0.717, 1.165) is 6.42 Å². The van der Waals surface area contributed by atoms with Gasteiger partial charge < -0.3 is 9.84 Å². The lowest BCUT2D eigenvalue weighted by Crippen LogP contribution is -2.14. The van der Waals surface area contributed by atoms with Crippen molar-refractivity contribution in [2.24, 2.45) is 5.92 Å². The van der Waals surface area contributed by atoms with Crippen LogP contribution < -0.4 is 0 Å². The minimum atomic E-state index is -0.370. The standard InChI is InChI=1S/C9H16O2/c1-4-5-9(10)6-8(2)7-11-3/h1,8-10H,5-7H2,2-3H3. The van der Waals surface area contributed by atoms with Gasteiger partial charge in [0.2, 0.25) is 0 Å². The summed E-state index contributed by atoms with van der Waals surface area (Å²) >= 11 is 0. The number of aliphatic hydroxyl groups is 1. The van der Waals surface area contributed by atoms with Crippen molar-refractivity contribution in [3.05, 3.63) is 0 Å². The van der Waals surface area contributed by atoms with E-state index in [1.165, 1.54) is 0 Å². The zero-order valence-electron chi connectivity index (χ0n) is 7.21. The lowest BCUT2D eigenvalue weighted by molar-refractivity contribution is 0.104. The van der Waals surface area contributed by atoms with Crippen molar-refractivity contribution in [3.8, 4) is 12.3 Å². The number of methoxy groups -OCH3 is 1. The molecule has 2 unspecified atom stereocenters. The van der Waals surface area contributed by atoms with Crippen LogP contribution in [-0.4, -0.2) is 24.9 Å². The third-order valence-corrected chi connectivity index (χ3v) is 1.48. The first kappa shape index (κ1) is 10.5. The van der Waals surface area contributed by atoms with E-state index in [0.29, 0.717) is 18.9 Å². The molecular formula is C9H16O2. The maximum atomic E-state index is 9.25. The first-order valence-corrected chi connectivity index (χ1v) is 3.81. The van der Waals surface area contributed by atoms with Gasteiger partial charge in [0, 0.05) is 20.1 Å². The Hall–Kier alpha value is -0.520. The molecule has 0 aromatic carbocycles. The Morgan fingerprint density at radius 3 is 2.73 bits per heavy atom. The second-order valence-electron chi connectivity index (χ2n) is 2.86. The van der Waals surface area contributed by atoms with Crippen LogP contribution in [0.2, 0.25) is 0 Å². The van der Waals surface area contributed by atoms with E-state index in [4.69, 9.17) is 11.2 Å². The van der Waals surface area contributed by atoms with Gasteiger partial charge in [-0.05, 0) is 12.3 Å². The highest BCUT2D eigenvalue weighted by molar-refractivity contribution is 4.87. The second-order valence-corrected chi connectivity index (χ2v) is 2.86. The van der Waals surface area contributed by atoms with Crippen LogP contribution in [0.4, 0.5) is 0 Å². The Morgan fingerprint density at radius 1 is 1.64 bits per heavy atom. The molecule has 0 fully saturated rings. The molecule has 0 aliphatic heterocycles. The Balaban J connectivity index is 3.41. The summed E-state index contributed by atoms with van der Waals surface area (Å²) in [5, 5.41) is 9.25. The van der Waals surface area contributed by atoms with Crippen molar-refractivity contribution >= 4 is 0 Å². The molecule has 11 heavy (non-hydrogen) atoms. The molecule has 0 aliphatic rings. The van der Waals surface area contributed by atoms with Crippen LogP contribution in [-0.2, 0) is 4.74 Å². The Labute approximate surface area is 68.6 Å². The molecule has 64 valence electrons. The van der Waals surface area contributed by atoms with E-state index in [1.54, 1.807) is 7.11 Å². The van der Waals surface area contributed by atoms with Crippen LogP contribution in [0.5, 0.6) is 0 Å². The average molecular weight is 156 g/mol. The monoisotopic (exact) mass is 156 g/mol. The Bertz CT molecular complexity index is 126. The first-order chi connectivity index (χ1) is 5.20. The van der Waals surface area contributed by atoms with Gasteiger partial charge in [0.15, 0.2) is 0 Å². The fourth-order valence-electron chi connectivity index (χ4n) is 1.04.